The van der Waals surface area contributed by atoms with Crippen LogP contribution in [0.3, 0.4) is 0 Å². The molecule has 0 saturated heterocycles. The monoisotopic (exact) mass is 368 g/mol. The summed E-state index contributed by atoms with van der Waals surface area (Å²) in [5.41, 5.74) is 3.52. The molecule has 6 heteroatoms. The second-order valence-corrected chi connectivity index (χ2v) is 7.35. The number of amides is 1. The van der Waals surface area contributed by atoms with E-state index in [9.17, 15) is 4.79 Å². The van der Waals surface area contributed by atoms with Gasteiger partial charge in [0, 0.05) is 6.54 Å². The van der Waals surface area contributed by atoms with Crippen LogP contribution < -0.4 is 14.3 Å². The van der Waals surface area contributed by atoms with Gasteiger partial charge in [0.05, 0.1) is 10.2 Å². The highest BCUT2D eigenvalue weighted by molar-refractivity contribution is 7.16. The van der Waals surface area contributed by atoms with E-state index in [-0.39, 0.29) is 12.5 Å². The van der Waals surface area contributed by atoms with E-state index < -0.39 is 6.10 Å². The number of rotatable bonds is 2. The van der Waals surface area contributed by atoms with Crippen LogP contribution in [0.25, 0.3) is 10.2 Å². The molecular weight excluding hydrogens is 348 g/mol. The SMILES string of the molecule is CCn1c(=NC(=O)C2COc3ccccc3O2)sc2c(C)cc(C)cc21. The van der Waals surface area contributed by atoms with Crippen LogP contribution in [0.1, 0.15) is 18.1 Å². The lowest BCUT2D eigenvalue weighted by molar-refractivity contribution is -0.127. The van der Waals surface area contributed by atoms with Gasteiger partial charge >= 0.3 is 0 Å². The van der Waals surface area contributed by atoms with Crippen molar-refractivity contribution in [1.82, 2.24) is 4.57 Å². The molecule has 1 unspecified atom stereocenters. The van der Waals surface area contributed by atoms with E-state index in [1.54, 1.807) is 17.4 Å². The standard InChI is InChI=1S/C20H20N2O3S/c1-4-22-14-10-12(2)9-13(3)18(14)26-20(22)21-19(23)17-11-24-15-7-5-6-8-16(15)25-17/h5-10,17H,4,11H2,1-3H3. The third-order valence-corrected chi connectivity index (χ3v) is 5.65. The van der Waals surface area contributed by atoms with Gasteiger partial charge in [-0.3, -0.25) is 4.79 Å². The molecule has 0 fully saturated rings. The predicted octanol–water partition coefficient (Wildman–Crippen LogP) is 3.61. The molecule has 1 amide bonds. The van der Waals surface area contributed by atoms with E-state index in [0.717, 1.165) is 16.8 Å². The van der Waals surface area contributed by atoms with Crippen molar-refractivity contribution in [3.8, 4) is 11.5 Å². The molecule has 1 aliphatic heterocycles. The first-order valence-electron chi connectivity index (χ1n) is 8.64. The first-order valence-corrected chi connectivity index (χ1v) is 9.46. The smallest absolute Gasteiger partial charge is 0.292 e. The topological polar surface area (TPSA) is 52.8 Å². The number of para-hydroxylation sites is 2. The Kier molecular flexibility index (Phi) is 4.28. The Labute approximate surface area is 155 Å². The molecule has 0 spiro atoms. The van der Waals surface area contributed by atoms with Gasteiger partial charge in [-0.15, -0.1) is 0 Å². The molecule has 3 aromatic rings. The number of ether oxygens (including phenoxy) is 2. The van der Waals surface area contributed by atoms with Crippen LogP contribution in [0.15, 0.2) is 41.4 Å². The highest BCUT2D eigenvalue weighted by Crippen LogP contribution is 2.31. The Hall–Kier alpha value is -2.60. The van der Waals surface area contributed by atoms with E-state index in [1.807, 2.05) is 18.2 Å². The largest absolute Gasteiger partial charge is 0.485 e. The normalized spacial score (nSPS) is 16.9. The molecule has 2 aromatic carbocycles. The maximum atomic E-state index is 12.7. The van der Waals surface area contributed by atoms with Crippen molar-refractivity contribution in [3.63, 3.8) is 0 Å². The van der Waals surface area contributed by atoms with Gasteiger partial charge in [0.25, 0.3) is 5.91 Å². The summed E-state index contributed by atoms with van der Waals surface area (Å²) in [6, 6.07) is 11.7. The Bertz CT molecular complexity index is 1060. The number of benzene rings is 2. The van der Waals surface area contributed by atoms with Crippen LogP contribution in [0, 0.1) is 13.8 Å². The number of nitrogens with zero attached hydrogens (tertiary/aromatic N) is 2. The summed E-state index contributed by atoms with van der Waals surface area (Å²) in [4.78, 5) is 17.8. The fourth-order valence-electron chi connectivity index (χ4n) is 3.21. The number of carbonyl (C=O) groups is 1. The zero-order valence-electron chi connectivity index (χ0n) is 15.0. The number of fused-ring (bicyclic) bond motifs is 2. The lowest BCUT2D eigenvalue weighted by Crippen LogP contribution is -2.36. The Balaban J connectivity index is 1.72. The van der Waals surface area contributed by atoms with Gasteiger partial charge in [0.2, 0.25) is 6.10 Å². The molecule has 26 heavy (non-hydrogen) atoms. The highest BCUT2D eigenvalue weighted by atomic mass is 32.1. The van der Waals surface area contributed by atoms with Crippen molar-refractivity contribution in [2.45, 2.75) is 33.4 Å². The maximum absolute atomic E-state index is 12.7. The zero-order chi connectivity index (χ0) is 18.3. The summed E-state index contributed by atoms with van der Waals surface area (Å²) in [7, 11) is 0. The van der Waals surface area contributed by atoms with E-state index in [1.165, 1.54) is 11.1 Å². The van der Waals surface area contributed by atoms with Gasteiger partial charge in [-0.1, -0.05) is 29.5 Å². The van der Waals surface area contributed by atoms with Crippen molar-refractivity contribution in [1.29, 1.82) is 0 Å². The molecular formula is C20H20N2O3S. The summed E-state index contributed by atoms with van der Waals surface area (Å²) in [6.45, 7) is 7.15. The molecule has 0 N–H and O–H groups in total. The second-order valence-electron chi connectivity index (χ2n) is 6.37. The Morgan fingerprint density at radius 3 is 2.81 bits per heavy atom. The van der Waals surface area contributed by atoms with E-state index >= 15 is 0 Å². The van der Waals surface area contributed by atoms with Gasteiger partial charge in [-0.25, -0.2) is 0 Å². The fraction of sp³-hybridized carbons (Fsp3) is 0.300. The van der Waals surface area contributed by atoms with Crippen molar-refractivity contribution in [3.05, 3.63) is 52.3 Å². The molecule has 0 aliphatic carbocycles. The quantitative estimate of drug-likeness (QED) is 0.694. The first kappa shape index (κ1) is 16.8. The molecule has 5 nitrogen and oxygen atoms in total. The molecule has 1 aromatic heterocycles. The summed E-state index contributed by atoms with van der Waals surface area (Å²) in [5.74, 6) is 0.925. The summed E-state index contributed by atoms with van der Waals surface area (Å²) >= 11 is 1.54. The van der Waals surface area contributed by atoms with Crippen molar-refractivity contribution < 1.29 is 14.3 Å². The molecule has 1 aliphatic rings. The maximum Gasteiger partial charge on any atom is 0.292 e. The first-order chi connectivity index (χ1) is 12.6. The lowest BCUT2D eigenvalue weighted by Gasteiger charge is -2.23. The fourth-order valence-corrected chi connectivity index (χ4v) is 4.36. The van der Waals surface area contributed by atoms with E-state index in [2.05, 4.69) is 42.5 Å². The number of hydrogen-bond acceptors (Lipinski definition) is 4. The average Bonchev–Trinajstić information content (AvgIpc) is 2.98. The van der Waals surface area contributed by atoms with Crippen molar-refractivity contribution in [2.24, 2.45) is 4.99 Å². The van der Waals surface area contributed by atoms with Crippen molar-refractivity contribution >= 4 is 27.5 Å². The zero-order valence-corrected chi connectivity index (χ0v) is 15.8. The molecule has 0 bridgehead atoms. The average molecular weight is 368 g/mol. The number of thiazole rings is 1. The van der Waals surface area contributed by atoms with Crippen LogP contribution in [-0.4, -0.2) is 23.2 Å². The predicted molar refractivity (Wildman–Crippen MR) is 102 cm³/mol. The minimum atomic E-state index is -0.719. The van der Waals surface area contributed by atoms with Crippen LogP contribution in [0.5, 0.6) is 11.5 Å². The van der Waals surface area contributed by atoms with Gasteiger partial charge < -0.3 is 14.0 Å². The molecule has 2 heterocycles. The molecule has 1 atom stereocenters. The lowest BCUT2D eigenvalue weighted by atomic mass is 10.1. The molecule has 134 valence electrons. The number of carbonyl (C=O) groups excluding carboxylic acids is 1. The number of aromatic nitrogens is 1. The van der Waals surface area contributed by atoms with Crippen LogP contribution in [0.2, 0.25) is 0 Å². The summed E-state index contributed by atoms with van der Waals surface area (Å²) in [5, 5.41) is 0. The third kappa shape index (κ3) is 2.90. The highest BCUT2D eigenvalue weighted by Gasteiger charge is 2.27. The summed E-state index contributed by atoms with van der Waals surface area (Å²) < 4.78 is 14.7. The third-order valence-electron chi connectivity index (χ3n) is 4.42. The van der Waals surface area contributed by atoms with Crippen molar-refractivity contribution in [2.75, 3.05) is 6.61 Å². The van der Waals surface area contributed by atoms with Gasteiger partial charge in [-0.05, 0) is 50.1 Å². The van der Waals surface area contributed by atoms with Crippen LogP contribution >= 0.6 is 11.3 Å². The molecule has 0 radical (unpaired) electrons. The van der Waals surface area contributed by atoms with E-state index in [0.29, 0.717) is 16.3 Å². The van der Waals surface area contributed by atoms with Gasteiger partial charge in [-0.2, -0.15) is 4.99 Å². The van der Waals surface area contributed by atoms with E-state index in [4.69, 9.17) is 9.47 Å². The minimum absolute atomic E-state index is 0.175. The second kappa shape index (κ2) is 6.61. The van der Waals surface area contributed by atoms with Crippen LogP contribution in [0.4, 0.5) is 0 Å². The van der Waals surface area contributed by atoms with Gasteiger partial charge in [0.15, 0.2) is 16.3 Å². The van der Waals surface area contributed by atoms with Gasteiger partial charge in [0.1, 0.15) is 6.61 Å². The Morgan fingerprint density at radius 1 is 1.27 bits per heavy atom. The number of aryl methyl sites for hydroxylation is 3. The number of hydrogen-bond donors (Lipinski definition) is 0. The molecule has 0 saturated carbocycles. The van der Waals surface area contributed by atoms with Crippen LogP contribution in [-0.2, 0) is 11.3 Å². The molecule has 4 rings (SSSR count). The Morgan fingerprint density at radius 2 is 2.04 bits per heavy atom. The summed E-state index contributed by atoms with van der Waals surface area (Å²) in [6.07, 6.45) is -0.719. The minimum Gasteiger partial charge on any atom is -0.485 e.